The Bertz CT molecular complexity index is 773. The van der Waals surface area contributed by atoms with Gasteiger partial charge in [-0.1, -0.05) is 29.8 Å². The zero-order valence-corrected chi connectivity index (χ0v) is 14.0. The molecule has 120 valence electrons. The fourth-order valence-corrected chi connectivity index (χ4v) is 3.31. The summed E-state index contributed by atoms with van der Waals surface area (Å²) in [5.74, 6) is 0.918. The fraction of sp³-hybridized carbons (Fsp3) is 0.278. The van der Waals surface area contributed by atoms with Gasteiger partial charge in [-0.05, 0) is 30.5 Å². The highest BCUT2D eigenvalue weighted by molar-refractivity contribution is 6.30. The van der Waals surface area contributed by atoms with Crippen molar-refractivity contribution in [3.05, 3.63) is 52.0 Å². The van der Waals surface area contributed by atoms with Crippen molar-refractivity contribution < 1.29 is 14.3 Å². The van der Waals surface area contributed by atoms with E-state index in [1.54, 1.807) is 20.3 Å². The van der Waals surface area contributed by atoms with Crippen molar-refractivity contribution in [2.45, 2.75) is 19.3 Å². The van der Waals surface area contributed by atoms with Gasteiger partial charge in [0, 0.05) is 22.3 Å². The molecule has 0 radical (unpaired) electrons. The number of para-hydroxylation sites is 1. The number of nitrogens with one attached hydrogen (secondary N) is 1. The summed E-state index contributed by atoms with van der Waals surface area (Å²) in [5, 5.41) is 3.53. The van der Waals surface area contributed by atoms with Crippen LogP contribution in [0.2, 0.25) is 5.02 Å². The number of amides is 1. The molecule has 1 N–H and O–H groups in total. The van der Waals surface area contributed by atoms with Crippen LogP contribution in [0.5, 0.6) is 11.5 Å². The van der Waals surface area contributed by atoms with Crippen LogP contribution in [-0.4, -0.2) is 20.1 Å². The van der Waals surface area contributed by atoms with Gasteiger partial charge in [0.15, 0.2) is 11.5 Å². The topological polar surface area (TPSA) is 47.6 Å². The molecule has 0 aliphatic carbocycles. The summed E-state index contributed by atoms with van der Waals surface area (Å²) >= 11 is 6.17. The zero-order valence-electron chi connectivity index (χ0n) is 13.3. The highest BCUT2D eigenvalue weighted by Gasteiger charge is 2.32. The molecule has 0 spiro atoms. The fourth-order valence-electron chi connectivity index (χ4n) is 3.08. The molecule has 0 unspecified atom stereocenters. The maximum atomic E-state index is 12.4. The van der Waals surface area contributed by atoms with Crippen molar-refractivity contribution >= 4 is 23.2 Å². The first kappa shape index (κ1) is 15.7. The Balaban J connectivity index is 2.02. The molecular weight excluding hydrogens is 314 g/mol. The Hall–Kier alpha value is -2.20. The average Bonchev–Trinajstić information content (AvgIpc) is 2.84. The van der Waals surface area contributed by atoms with Crippen LogP contribution >= 0.6 is 11.6 Å². The summed E-state index contributed by atoms with van der Waals surface area (Å²) in [6.45, 7) is 1.99. The minimum Gasteiger partial charge on any atom is -0.493 e. The maximum Gasteiger partial charge on any atom is 0.232 e. The molecule has 0 saturated heterocycles. The average molecular weight is 332 g/mol. The molecular formula is C18H18ClNO3. The highest BCUT2D eigenvalue weighted by Crippen LogP contribution is 2.41. The summed E-state index contributed by atoms with van der Waals surface area (Å²) in [5.41, 5.74) is 3.84. The lowest BCUT2D eigenvalue weighted by molar-refractivity contribution is -0.117. The van der Waals surface area contributed by atoms with E-state index in [2.05, 4.69) is 5.32 Å². The van der Waals surface area contributed by atoms with Crippen LogP contribution in [0.25, 0.3) is 0 Å². The van der Waals surface area contributed by atoms with Crippen molar-refractivity contribution in [2.24, 2.45) is 0 Å². The molecule has 5 heteroatoms. The standard InChI is InChI=1S/C18H18ClNO3/c1-10-5-4-6-13-14(18(21)20-16(10)13)8-11-7-12(19)9-15(22-2)17(11)23-3/h4-7,9,14H,8H2,1-3H3,(H,20,21)/t14-/m0/s1. The van der Waals surface area contributed by atoms with E-state index in [1.165, 1.54) is 0 Å². The lowest BCUT2D eigenvalue weighted by Gasteiger charge is -2.16. The number of anilines is 1. The van der Waals surface area contributed by atoms with Crippen LogP contribution in [0, 0.1) is 6.92 Å². The van der Waals surface area contributed by atoms with E-state index in [0.717, 1.165) is 22.4 Å². The molecule has 2 aromatic rings. The van der Waals surface area contributed by atoms with Crippen molar-refractivity contribution in [1.29, 1.82) is 0 Å². The number of hydrogen-bond donors (Lipinski definition) is 1. The molecule has 1 aliphatic heterocycles. The predicted octanol–water partition coefficient (Wildman–Crippen LogP) is 3.94. The second-order valence-electron chi connectivity index (χ2n) is 5.59. The first-order valence-electron chi connectivity index (χ1n) is 7.36. The minimum atomic E-state index is -0.262. The molecule has 1 heterocycles. The van der Waals surface area contributed by atoms with Gasteiger partial charge in [0.1, 0.15) is 0 Å². The number of rotatable bonds is 4. The third-order valence-electron chi connectivity index (χ3n) is 4.19. The van der Waals surface area contributed by atoms with Gasteiger partial charge in [0.25, 0.3) is 0 Å². The smallest absolute Gasteiger partial charge is 0.232 e. The number of aryl methyl sites for hydroxylation is 1. The Labute approximate surface area is 140 Å². The van der Waals surface area contributed by atoms with Gasteiger partial charge in [-0.25, -0.2) is 0 Å². The summed E-state index contributed by atoms with van der Waals surface area (Å²) in [4.78, 5) is 12.4. The Morgan fingerprint density at radius 3 is 2.70 bits per heavy atom. The molecule has 23 heavy (non-hydrogen) atoms. The van der Waals surface area contributed by atoms with E-state index in [-0.39, 0.29) is 11.8 Å². The predicted molar refractivity (Wildman–Crippen MR) is 90.8 cm³/mol. The summed E-state index contributed by atoms with van der Waals surface area (Å²) in [6, 6.07) is 9.47. The van der Waals surface area contributed by atoms with Crippen molar-refractivity contribution in [3.8, 4) is 11.5 Å². The summed E-state index contributed by atoms with van der Waals surface area (Å²) in [6.07, 6.45) is 0.502. The number of carbonyl (C=O) groups excluding carboxylic acids is 1. The molecule has 0 fully saturated rings. The van der Waals surface area contributed by atoms with Crippen molar-refractivity contribution in [3.63, 3.8) is 0 Å². The number of hydrogen-bond acceptors (Lipinski definition) is 3. The van der Waals surface area contributed by atoms with E-state index in [4.69, 9.17) is 21.1 Å². The van der Waals surface area contributed by atoms with Crippen LogP contribution in [0.1, 0.15) is 22.6 Å². The lowest BCUT2D eigenvalue weighted by atomic mass is 9.92. The SMILES string of the molecule is COc1cc(Cl)cc(C[C@@H]2C(=O)Nc3c(C)cccc32)c1OC. The van der Waals surface area contributed by atoms with Gasteiger partial charge in [-0.15, -0.1) is 0 Å². The highest BCUT2D eigenvalue weighted by atomic mass is 35.5. The largest absolute Gasteiger partial charge is 0.493 e. The van der Waals surface area contributed by atoms with Gasteiger partial charge in [-0.3, -0.25) is 4.79 Å². The van der Waals surface area contributed by atoms with Crippen LogP contribution in [0.4, 0.5) is 5.69 Å². The van der Waals surface area contributed by atoms with E-state index in [1.807, 2.05) is 31.2 Å². The number of benzene rings is 2. The quantitative estimate of drug-likeness (QED) is 0.923. The summed E-state index contributed by atoms with van der Waals surface area (Å²) in [7, 11) is 3.15. The van der Waals surface area contributed by atoms with E-state index < -0.39 is 0 Å². The maximum absolute atomic E-state index is 12.4. The second-order valence-corrected chi connectivity index (χ2v) is 6.02. The number of methoxy groups -OCH3 is 2. The molecule has 1 aliphatic rings. The van der Waals surface area contributed by atoms with Gasteiger partial charge >= 0.3 is 0 Å². The second kappa shape index (κ2) is 6.13. The molecule has 0 saturated carbocycles. The molecule has 3 rings (SSSR count). The van der Waals surface area contributed by atoms with Gasteiger partial charge in [-0.2, -0.15) is 0 Å². The molecule has 0 aromatic heterocycles. The van der Waals surface area contributed by atoms with Gasteiger partial charge < -0.3 is 14.8 Å². The van der Waals surface area contributed by atoms with Crippen LogP contribution in [0.3, 0.4) is 0 Å². The molecule has 1 atom stereocenters. The minimum absolute atomic E-state index is 0.00436. The van der Waals surface area contributed by atoms with Crippen LogP contribution in [-0.2, 0) is 11.2 Å². The number of carbonyl (C=O) groups is 1. The number of ether oxygens (including phenoxy) is 2. The number of fused-ring (bicyclic) bond motifs is 1. The summed E-state index contributed by atoms with van der Waals surface area (Å²) < 4.78 is 10.8. The van der Waals surface area contributed by atoms with Crippen molar-refractivity contribution in [1.82, 2.24) is 0 Å². The number of halogens is 1. The van der Waals surface area contributed by atoms with Gasteiger partial charge in [0.2, 0.25) is 5.91 Å². The zero-order chi connectivity index (χ0) is 16.6. The molecule has 0 bridgehead atoms. The third kappa shape index (κ3) is 2.75. The molecule has 4 nitrogen and oxygen atoms in total. The van der Waals surface area contributed by atoms with Crippen LogP contribution < -0.4 is 14.8 Å². The monoisotopic (exact) mass is 331 g/mol. The normalized spacial score (nSPS) is 16.0. The molecule has 2 aromatic carbocycles. The molecule has 1 amide bonds. The Kier molecular flexibility index (Phi) is 4.18. The van der Waals surface area contributed by atoms with Crippen molar-refractivity contribution in [2.75, 3.05) is 19.5 Å². The van der Waals surface area contributed by atoms with Crippen LogP contribution in [0.15, 0.2) is 30.3 Å². The van der Waals surface area contributed by atoms with E-state index in [9.17, 15) is 4.79 Å². The van der Waals surface area contributed by atoms with E-state index in [0.29, 0.717) is 22.9 Å². The van der Waals surface area contributed by atoms with E-state index >= 15 is 0 Å². The first-order chi connectivity index (χ1) is 11.0. The Morgan fingerprint density at radius 1 is 1.22 bits per heavy atom. The lowest BCUT2D eigenvalue weighted by Crippen LogP contribution is -2.15. The first-order valence-corrected chi connectivity index (χ1v) is 7.73. The third-order valence-corrected chi connectivity index (χ3v) is 4.41. The van der Waals surface area contributed by atoms with Gasteiger partial charge in [0.05, 0.1) is 20.1 Å². The Morgan fingerprint density at radius 2 is 2.00 bits per heavy atom.